The van der Waals surface area contributed by atoms with Crippen molar-refractivity contribution in [2.24, 2.45) is 16.7 Å². The van der Waals surface area contributed by atoms with Crippen LogP contribution in [0.5, 0.6) is 0 Å². The number of allylic oxidation sites excluding steroid dienone is 8. The van der Waals surface area contributed by atoms with Crippen molar-refractivity contribution in [3.8, 4) is 0 Å². The van der Waals surface area contributed by atoms with Gasteiger partial charge in [0.15, 0.2) is 0 Å². The molecule has 1 saturated carbocycles. The SMILES string of the molecule is CO/C(C)=C/C=C(\C)C1(/C(C)=C/C=C(\C)O)CC(C)CC(C)(C)C1. The van der Waals surface area contributed by atoms with Crippen molar-refractivity contribution >= 4 is 0 Å². The second kappa shape index (κ2) is 8.09. The molecule has 1 aliphatic carbocycles. The fourth-order valence-electron chi connectivity index (χ4n) is 4.36. The van der Waals surface area contributed by atoms with E-state index in [9.17, 15) is 5.11 Å². The van der Waals surface area contributed by atoms with Crippen LogP contribution in [0.1, 0.15) is 67.7 Å². The maximum atomic E-state index is 9.56. The van der Waals surface area contributed by atoms with Gasteiger partial charge in [-0.15, -0.1) is 0 Å². The summed E-state index contributed by atoms with van der Waals surface area (Å²) in [5, 5.41) is 9.56. The van der Waals surface area contributed by atoms with Crippen LogP contribution < -0.4 is 0 Å². The third kappa shape index (κ3) is 5.29. The monoisotopic (exact) mass is 332 g/mol. The van der Waals surface area contributed by atoms with E-state index in [0.29, 0.717) is 17.1 Å². The van der Waals surface area contributed by atoms with Crippen molar-refractivity contribution in [2.75, 3.05) is 7.11 Å². The Hall–Kier alpha value is -1.44. The van der Waals surface area contributed by atoms with Crippen molar-refractivity contribution in [1.82, 2.24) is 0 Å². The highest BCUT2D eigenvalue weighted by molar-refractivity contribution is 5.34. The van der Waals surface area contributed by atoms with Gasteiger partial charge in [-0.1, -0.05) is 44.1 Å². The van der Waals surface area contributed by atoms with E-state index in [2.05, 4.69) is 52.8 Å². The summed E-state index contributed by atoms with van der Waals surface area (Å²) in [5.74, 6) is 1.94. The minimum Gasteiger partial charge on any atom is -0.513 e. The fraction of sp³-hybridized carbons (Fsp3) is 0.636. The van der Waals surface area contributed by atoms with Gasteiger partial charge >= 0.3 is 0 Å². The summed E-state index contributed by atoms with van der Waals surface area (Å²) in [7, 11) is 1.70. The van der Waals surface area contributed by atoms with E-state index < -0.39 is 0 Å². The first kappa shape index (κ1) is 20.6. The third-order valence-corrected chi connectivity index (χ3v) is 5.35. The van der Waals surface area contributed by atoms with Crippen LogP contribution in [0.2, 0.25) is 0 Å². The first-order valence-corrected chi connectivity index (χ1v) is 8.97. The topological polar surface area (TPSA) is 29.5 Å². The molecular formula is C22H36O2. The Labute approximate surface area is 149 Å². The molecule has 1 aliphatic rings. The van der Waals surface area contributed by atoms with Crippen molar-refractivity contribution in [3.63, 3.8) is 0 Å². The summed E-state index contributed by atoms with van der Waals surface area (Å²) in [6.45, 7) is 15.3. The first-order valence-electron chi connectivity index (χ1n) is 8.97. The van der Waals surface area contributed by atoms with E-state index in [-0.39, 0.29) is 5.41 Å². The number of methoxy groups -OCH3 is 1. The van der Waals surface area contributed by atoms with E-state index in [0.717, 1.165) is 18.6 Å². The van der Waals surface area contributed by atoms with Gasteiger partial charge in [0, 0.05) is 5.41 Å². The van der Waals surface area contributed by atoms with Crippen LogP contribution in [0.15, 0.2) is 47.0 Å². The number of hydrogen-bond acceptors (Lipinski definition) is 2. The van der Waals surface area contributed by atoms with Crippen LogP contribution in [0.4, 0.5) is 0 Å². The Bertz CT molecular complexity index is 557. The number of aliphatic hydroxyl groups excluding tert-OH is 1. The number of ether oxygens (including phenoxy) is 1. The van der Waals surface area contributed by atoms with Crippen LogP contribution in [0, 0.1) is 16.7 Å². The van der Waals surface area contributed by atoms with Gasteiger partial charge in [-0.05, 0) is 70.4 Å². The summed E-state index contributed by atoms with van der Waals surface area (Å²) in [5.41, 5.74) is 3.04. The lowest BCUT2D eigenvalue weighted by atomic mass is 9.55. The van der Waals surface area contributed by atoms with Crippen LogP contribution in [-0.2, 0) is 4.74 Å². The molecule has 0 bridgehead atoms. The molecule has 1 fully saturated rings. The molecule has 0 amide bonds. The van der Waals surface area contributed by atoms with Gasteiger partial charge in [0.25, 0.3) is 0 Å². The Kier molecular flexibility index (Phi) is 6.95. The lowest BCUT2D eigenvalue weighted by Gasteiger charge is -2.49. The van der Waals surface area contributed by atoms with Crippen molar-refractivity contribution in [2.45, 2.75) is 67.7 Å². The van der Waals surface area contributed by atoms with Gasteiger partial charge in [-0.25, -0.2) is 0 Å². The van der Waals surface area contributed by atoms with Crippen LogP contribution >= 0.6 is 0 Å². The maximum absolute atomic E-state index is 9.56. The maximum Gasteiger partial charge on any atom is 0.0924 e. The van der Waals surface area contributed by atoms with E-state index in [1.807, 2.05) is 13.0 Å². The predicted octanol–water partition coefficient (Wildman–Crippen LogP) is 6.72. The molecule has 0 aromatic carbocycles. The summed E-state index contributed by atoms with van der Waals surface area (Å²) in [4.78, 5) is 0. The molecule has 1 N–H and O–H groups in total. The molecule has 1 rings (SSSR count). The van der Waals surface area contributed by atoms with Gasteiger partial charge in [-0.3, -0.25) is 0 Å². The predicted molar refractivity (Wildman–Crippen MR) is 104 cm³/mol. The Morgan fingerprint density at radius 3 is 1.96 bits per heavy atom. The van der Waals surface area contributed by atoms with Crippen LogP contribution in [0.3, 0.4) is 0 Å². The Balaban J connectivity index is 3.41. The average Bonchev–Trinajstić information content (AvgIpc) is 2.47. The summed E-state index contributed by atoms with van der Waals surface area (Å²) >= 11 is 0. The second-order valence-corrected chi connectivity index (χ2v) is 8.43. The standard InChI is InChI=1S/C22H36O2/c1-16-13-21(6,7)15-22(14-16,17(2)9-11-19(4)23)18(3)10-12-20(5)24-8/h9-12,16,23H,13-15H2,1-8H3/b17-9+,18-10+,19-11+,20-12+. The molecule has 2 unspecified atom stereocenters. The zero-order chi connectivity index (χ0) is 18.5. The first-order chi connectivity index (χ1) is 11.0. The summed E-state index contributed by atoms with van der Waals surface area (Å²) < 4.78 is 5.28. The molecule has 0 spiro atoms. The molecule has 0 saturated heterocycles. The van der Waals surface area contributed by atoms with Crippen molar-refractivity contribution in [3.05, 3.63) is 47.0 Å². The molecule has 0 aromatic heterocycles. The quantitative estimate of drug-likeness (QED) is 0.447. The largest absolute Gasteiger partial charge is 0.513 e. The van der Waals surface area contributed by atoms with Gasteiger partial charge in [0.2, 0.25) is 0 Å². The van der Waals surface area contributed by atoms with E-state index in [1.165, 1.54) is 17.6 Å². The highest BCUT2D eigenvalue weighted by atomic mass is 16.5. The molecule has 24 heavy (non-hydrogen) atoms. The van der Waals surface area contributed by atoms with E-state index in [1.54, 1.807) is 14.0 Å². The minimum absolute atomic E-state index is 0.0393. The van der Waals surface area contributed by atoms with Crippen LogP contribution in [0.25, 0.3) is 0 Å². The zero-order valence-electron chi connectivity index (χ0n) is 16.9. The van der Waals surface area contributed by atoms with Crippen molar-refractivity contribution < 1.29 is 9.84 Å². The molecule has 0 aliphatic heterocycles. The highest BCUT2D eigenvalue weighted by Crippen LogP contribution is 2.55. The van der Waals surface area contributed by atoms with Gasteiger partial charge in [-0.2, -0.15) is 0 Å². The van der Waals surface area contributed by atoms with Gasteiger partial charge in [0.05, 0.1) is 18.6 Å². The molecule has 0 aromatic rings. The van der Waals surface area contributed by atoms with Gasteiger partial charge < -0.3 is 9.84 Å². The smallest absolute Gasteiger partial charge is 0.0924 e. The lowest BCUT2D eigenvalue weighted by molar-refractivity contribution is 0.0988. The summed E-state index contributed by atoms with van der Waals surface area (Å²) in [6.07, 6.45) is 11.7. The molecule has 2 heteroatoms. The van der Waals surface area contributed by atoms with Crippen molar-refractivity contribution in [1.29, 1.82) is 0 Å². The average molecular weight is 333 g/mol. The number of hydrogen-bond donors (Lipinski definition) is 1. The normalized spacial score (nSPS) is 29.6. The molecule has 0 heterocycles. The van der Waals surface area contributed by atoms with E-state index in [4.69, 9.17) is 4.74 Å². The molecule has 2 nitrogen and oxygen atoms in total. The Morgan fingerprint density at radius 2 is 1.50 bits per heavy atom. The minimum atomic E-state index is 0.0393. The third-order valence-electron chi connectivity index (χ3n) is 5.35. The van der Waals surface area contributed by atoms with Crippen LogP contribution in [-0.4, -0.2) is 12.2 Å². The van der Waals surface area contributed by atoms with Gasteiger partial charge in [0.1, 0.15) is 0 Å². The lowest BCUT2D eigenvalue weighted by Crippen LogP contribution is -2.38. The summed E-state index contributed by atoms with van der Waals surface area (Å²) in [6, 6.07) is 0. The number of rotatable bonds is 5. The van der Waals surface area contributed by atoms with E-state index >= 15 is 0 Å². The zero-order valence-corrected chi connectivity index (χ0v) is 16.9. The molecule has 2 atom stereocenters. The number of aliphatic hydroxyl groups is 1. The molecule has 0 radical (unpaired) electrons. The molecular weight excluding hydrogens is 296 g/mol. The highest BCUT2D eigenvalue weighted by Gasteiger charge is 2.44. The molecule has 136 valence electrons. The fourth-order valence-corrected chi connectivity index (χ4v) is 4.36. The second-order valence-electron chi connectivity index (χ2n) is 8.43. The Morgan fingerprint density at radius 1 is 0.958 bits per heavy atom.